The Balaban J connectivity index is 1.39. The molecule has 0 atom stereocenters. The first-order valence-corrected chi connectivity index (χ1v) is 10.3. The van der Waals surface area contributed by atoms with Gasteiger partial charge in [-0.2, -0.15) is 0 Å². The van der Waals surface area contributed by atoms with Crippen molar-refractivity contribution >= 4 is 11.7 Å². The Morgan fingerprint density at radius 3 is 2.48 bits per heavy atom. The molecule has 1 N–H and O–H groups in total. The van der Waals surface area contributed by atoms with E-state index in [2.05, 4.69) is 16.3 Å². The van der Waals surface area contributed by atoms with Gasteiger partial charge in [0.25, 0.3) is 0 Å². The van der Waals surface area contributed by atoms with Crippen LogP contribution in [0.25, 0.3) is 0 Å². The number of ether oxygens (including phenoxy) is 1. The van der Waals surface area contributed by atoms with E-state index in [1.807, 2.05) is 43.0 Å². The van der Waals surface area contributed by atoms with Crippen molar-refractivity contribution in [1.29, 1.82) is 0 Å². The highest BCUT2D eigenvalue weighted by Crippen LogP contribution is 2.21. The Hall–Kier alpha value is -2.01. The fraction of sp³-hybridized carbons (Fsp3) is 0.591. The topological polar surface area (TPSA) is 44.8 Å². The van der Waals surface area contributed by atoms with E-state index in [9.17, 15) is 4.79 Å². The van der Waals surface area contributed by atoms with Gasteiger partial charge in [0.15, 0.2) is 0 Å². The Morgan fingerprint density at radius 2 is 1.85 bits per heavy atom. The SMILES string of the molecule is CC(C)Oc1ccc(NC(=O)N2CCN(CCC3=CCCCC3)CC2)cc1. The van der Waals surface area contributed by atoms with Gasteiger partial charge in [-0.25, -0.2) is 4.79 Å². The van der Waals surface area contributed by atoms with Crippen molar-refractivity contribution < 1.29 is 9.53 Å². The Labute approximate surface area is 163 Å². The van der Waals surface area contributed by atoms with Gasteiger partial charge in [-0.1, -0.05) is 11.6 Å². The van der Waals surface area contributed by atoms with Crippen LogP contribution >= 0.6 is 0 Å². The summed E-state index contributed by atoms with van der Waals surface area (Å²) in [5.74, 6) is 0.824. The largest absolute Gasteiger partial charge is 0.491 e. The molecule has 1 saturated heterocycles. The average Bonchev–Trinajstić information content (AvgIpc) is 2.69. The summed E-state index contributed by atoms with van der Waals surface area (Å²) in [6, 6.07) is 7.57. The predicted octanol–water partition coefficient (Wildman–Crippen LogP) is 4.51. The van der Waals surface area contributed by atoms with E-state index in [1.54, 1.807) is 5.57 Å². The second-order valence-electron chi connectivity index (χ2n) is 7.81. The van der Waals surface area contributed by atoms with Crippen molar-refractivity contribution in [2.24, 2.45) is 0 Å². The summed E-state index contributed by atoms with van der Waals surface area (Å²) in [5.41, 5.74) is 2.44. The van der Waals surface area contributed by atoms with Crippen LogP contribution < -0.4 is 10.1 Å². The maximum absolute atomic E-state index is 12.5. The number of hydrogen-bond donors (Lipinski definition) is 1. The van der Waals surface area contributed by atoms with Crippen molar-refractivity contribution in [3.05, 3.63) is 35.9 Å². The molecular formula is C22H33N3O2. The molecule has 5 nitrogen and oxygen atoms in total. The minimum atomic E-state index is -0.0119. The minimum absolute atomic E-state index is 0.0119. The predicted molar refractivity (Wildman–Crippen MR) is 110 cm³/mol. The number of allylic oxidation sites excluding steroid dienone is 1. The first-order valence-electron chi connectivity index (χ1n) is 10.3. The third-order valence-corrected chi connectivity index (χ3v) is 5.27. The van der Waals surface area contributed by atoms with Crippen molar-refractivity contribution in [2.75, 3.05) is 38.0 Å². The number of rotatable bonds is 6. The number of carbonyl (C=O) groups is 1. The van der Waals surface area contributed by atoms with Gasteiger partial charge in [-0.3, -0.25) is 4.90 Å². The van der Waals surface area contributed by atoms with Crippen LogP contribution in [0.2, 0.25) is 0 Å². The van der Waals surface area contributed by atoms with Crippen LogP contribution in [0, 0.1) is 0 Å². The highest BCUT2D eigenvalue weighted by atomic mass is 16.5. The van der Waals surface area contributed by atoms with Crippen molar-refractivity contribution in [3.8, 4) is 5.75 Å². The summed E-state index contributed by atoms with van der Waals surface area (Å²) in [5, 5.41) is 2.99. The minimum Gasteiger partial charge on any atom is -0.491 e. The molecule has 0 radical (unpaired) electrons. The van der Waals surface area contributed by atoms with Gasteiger partial charge in [-0.05, 0) is 70.2 Å². The molecular weight excluding hydrogens is 338 g/mol. The second-order valence-corrected chi connectivity index (χ2v) is 7.81. The highest BCUT2D eigenvalue weighted by Gasteiger charge is 2.21. The standard InChI is InChI=1S/C22H33N3O2/c1-18(2)27-21-10-8-20(9-11-21)23-22(26)25-16-14-24(15-17-25)13-12-19-6-4-3-5-7-19/h6,8-11,18H,3-5,7,12-17H2,1-2H3,(H,23,26). The lowest BCUT2D eigenvalue weighted by Gasteiger charge is -2.35. The fourth-order valence-corrected chi connectivity index (χ4v) is 3.70. The number of hydrogen-bond acceptors (Lipinski definition) is 3. The van der Waals surface area contributed by atoms with Crippen LogP contribution in [0.3, 0.4) is 0 Å². The Morgan fingerprint density at radius 1 is 1.11 bits per heavy atom. The van der Waals surface area contributed by atoms with Crippen molar-refractivity contribution in [1.82, 2.24) is 9.80 Å². The molecule has 0 bridgehead atoms. The molecule has 5 heteroatoms. The van der Waals surface area contributed by atoms with E-state index in [-0.39, 0.29) is 12.1 Å². The van der Waals surface area contributed by atoms with E-state index in [0.717, 1.165) is 44.2 Å². The third kappa shape index (κ3) is 6.28. The molecule has 0 saturated carbocycles. The zero-order chi connectivity index (χ0) is 19.1. The fourth-order valence-electron chi connectivity index (χ4n) is 3.70. The molecule has 0 unspecified atom stereocenters. The van der Waals surface area contributed by atoms with Gasteiger partial charge in [-0.15, -0.1) is 0 Å². The van der Waals surface area contributed by atoms with Gasteiger partial charge in [0.1, 0.15) is 5.75 Å². The Bertz CT molecular complexity index is 631. The molecule has 148 valence electrons. The number of anilines is 1. The van der Waals surface area contributed by atoms with Crippen LogP contribution in [0.4, 0.5) is 10.5 Å². The molecule has 0 spiro atoms. The number of carbonyl (C=O) groups excluding carboxylic acids is 1. The molecule has 0 aromatic heterocycles. The number of amides is 2. The summed E-state index contributed by atoms with van der Waals surface area (Å²) < 4.78 is 5.64. The zero-order valence-electron chi connectivity index (χ0n) is 16.7. The Kier molecular flexibility index (Phi) is 7.16. The van der Waals surface area contributed by atoms with Gasteiger partial charge in [0, 0.05) is 38.4 Å². The molecule has 1 heterocycles. The summed E-state index contributed by atoms with van der Waals surface area (Å²) in [6.07, 6.45) is 9.02. The van der Waals surface area contributed by atoms with Crippen molar-refractivity contribution in [3.63, 3.8) is 0 Å². The van der Waals surface area contributed by atoms with Gasteiger partial charge >= 0.3 is 6.03 Å². The molecule has 2 aliphatic rings. The number of nitrogens with one attached hydrogen (secondary N) is 1. The monoisotopic (exact) mass is 371 g/mol. The summed E-state index contributed by atoms with van der Waals surface area (Å²) in [7, 11) is 0. The van der Waals surface area contributed by atoms with E-state index < -0.39 is 0 Å². The van der Waals surface area contributed by atoms with Crippen molar-refractivity contribution in [2.45, 2.75) is 52.1 Å². The van der Waals surface area contributed by atoms with E-state index in [0.29, 0.717) is 0 Å². The molecule has 1 aromatic carbocycles. The van der Waals surface area contributed by atoms with Crippen LogP contribution in [0.15, 0.2) is 35.9 Å². The molecule has 1 aliphatic heterocycles. The quantitative estimate of drug-likeness (QED) is 0.748. The second kappa shape index (κ2) is 9.79. The lowest BCUT2D eigenvalue weighted by Crippen LogP contribution is -2.50. The number of piperazine rings is 1. The summed E-state index contributed by atoms with van der Waals surface area (Å²) >= 11 is 0. The average molecular weight is 372 g/mol. The first-order chi connectivity index (χ1) is 13.1. The maximum Gasteiger partial charge on any atom is 0.321 e. The molecule has 1 aromatic rings. The maximum atomic E-state index is 12.5. The number of benzene rings is 1. The lowest BCUT2D eigenvalue weighted by molar-refractivity contribution is 0.148. The third-order valence-electron chi connectivity index (χ3n) is 5.27. The molecule has 3 rings (SSSR count). The van der Waals surface area contributed by atoms with Crippen LogP contribution in [0.1, 0.15) is 46.0 Å². The lowest BCUT2D eigenvalue weighted by atomic mass is 9.97. The summed E-state index contributed by atoms with van der Waals surface area (Å²) in [4.78, 5) is 16.9. The van der Waals surface area contributed by atoms with E-state index in [4.69, 9.17) is 4.74 Å². The number of urea groups is 1. The first kappa shape index (κ1) is 19.7. The molecule has 1 fully saturated rings. The van der Waals surface area contributed by atoms with Crippen LogP contribution in [-0.2, 0) is 0 Å². The molecule has 27 heavy (non-hydrogen) atoms. The number of nitrogens with zero attached hydrogens (tertiary/aromatic N) is 2. The van der Waals surface area contributed by atoms with Crippen LogP contribution in [-0.4, -0.2) is 54.7 Å². The van der Waals surface area contributed by atoms with Gasteiger partial charge in [0.2, 0.25) is 0 Å². The van der Waals surface area contributed by atoms with E-state index in [1.165, 1.54) is 32.1 Å². The normalized spacial score (nSPS) is 18.3. The van der Waals surface area contributed by atoms with Crippen LogP contribution in [0.5, 0.6) is 5.75 Å². The van der Waals surface area contributed by atoms with Gasteiger partial charge in [0.05, 0.1) is 6.10 Å². The smallest absolute Gasteiger partial charge is 0.321 e. The zero-order valence-corrected chi connectivity index (χ0v) is 16.7. The molecule has 1 aliphatic carbocycles. The van der Waals surface area contributed by atoms with Gasteiger partial charge < -0.3 is 15.0 Å². The summed E-state index contributed by atoms with van der Waals surface area (Å²) in [6.45, 7) is 8.63. The molecule has 2 amide bonds. The van der Waals surface area contributed by atoms with E-state index >= 15 is 0 Å². The highest BCUT2D eigenvalue weighted by molar-refractivity contribution is 5.89.